The van der Waals surface area contributed by atoms with Crippen LogP contribution in [0.5, 0.6) is 10.9 Å². The maximum atomic E-state index is 13.6. The molecule has 0 bridgehead atoms. The van der Waals surface area contributed by atoms with Gasteiger partial charge in [0.25, 0.3) is 5.19 Å². The summed E-state index contributed by atoms with van der Waals surface area (Å²) >= 11 is 13.9. The molecule has 9 heteroatoms. The van der Waals surface area contributed by atoms with E-state index in [0.29, 0.717) is 40.0 Å². The van der Waals surface area contributed by atoms with Gasteiger partial charge in [-0.05, 0) is 74.4 Å². The Balaban J connectivity index is 1.32. The zero-order valence-electron chi connectivity index (χ0n) is 21.4. The van der Waals surface area contributed by atoms with Crippen molar-refractivity contribution in [1.29, 1.82) is 0 Å². The molecule has 1 saturated carbocycles. The summed E-state index contributed by atoms with van der Waals surface area (Å²) in [5.41, 5.74) is 10.7. The van der Waals surface area contributed by atoms with Gasteiger partial charge in [-0.15, -0.1) is 0 Å². The quantitative estimate of drug-likeness (QED) is 0.268. The van der Waals surface area contributed by atoms with Gasteiger partial charge in [0.15, 0.2) is 5.75 Å². The van der Waals surface area contributed by atoms with E-state index in [1.807, 2.05) is 11.8 Å². The molecule has 1 aliphatic rings. The second-order valence-corrected chi connectivity index (χ2v) is 11.4. The number of ether oxygens (including phenoxy) is 2. The molecule has 0 radical (unpaired) electrons. The van der Waals surface area contributed by atoms with Crippen LogP contribution in [0.3, 0.4) is 0 Å². The molecule has 1 heterocycles. The van der Waals surface area contributed by atoms with Crippen LogP contribution in [0.2, 0.25) is 10.0 Å². The SMILES string of the molecule is Cc1cc(Cl)c(OCCOc2ncc(C[C@H](CN)C(=O)N(Cc3cccc(C)c3C)C3CC3)s2)c(Cl)c1. The minimum atomic E-state index is -0.298. The molecule has 0 aliphatic heterocycles. The molecule has 1 atom stereocenters. The predicted octanol–water partition coefficient (Wildman–Crippen LogP) is 6.14. The van der Waals surface area contributed by atoms with Gasteiger partial charge in [0, 0.05) is 30.2 Å². The number of hydrogen-bond donors (Lipinski definition) is 1. The van der Waals surface area contributed by atoms with Crippen LogP contribution >= 0.6 is 34.5 Å². The third-order valence-electron chi connectivity index (χ3n) is 6.64. The summed E-state index contributed by atoms with van der Waals surface area (Å²) < 4.78 is 11.5. The number of nitrogens with two attached hydrogens (primary N) is 1. The first kappa shape index (κ1) is 27.7. The number of benzene rings is 2. The van der Waals surface area contributed by atoms with Crippen LogP contribution in [0.15, 0.2) is 36.5 Å². The van der Waals surface area contributed by atoms with Crippen molar-refractivity contribution in [2.24, 2.45) is 11.7 Å². The van der Waals surface area contributed by atoms with E-state index in [1.54, 1.807) is 18.3 Å². The average Bonchev–Trinajstić information content (AvgIpc) is 3.60. The van der Waals surface area contributed by atoms with Crippen molar-refractivity contribution in [2.45, 2.75) is 52.6 Å². The fraction of sp³-hybridized carbons (Fsp3) is 0.429. The molecule has 0 saturated heterocycles. The minimum absolute atomic E-state index is 0.113. The number of rotatable bonds is 12. The highest BCUT2D eigenvalue weighted by atomic mass is 35.5. The summed E-state index contributed by atoms with van der Waals surface area (Å²) in [4.78, 5) is 20.9. The molecule has 1 fully saturated rings. The van der Waals surface area contributed by atoms with E-state index in [1.165, 1.54) is 28.0 Å². The summed E-state index contributed by atoms with van der Waals surface area (Å²) in [5, 5.41) is 1.46. The second-order valence-electron chi connectivity index (χ2n) is 9.54. The van der Waals surface area contributed by atoms with Crippen molar-refractivity contribution in [3.63, 3.8) is 0 Å². The highest BCUT2D eigenvalue weighted by molar-refractivity contribution is 7.13. The van der Waals surface area contributed by atoms with Crippen LogP contribution in [0.25, 0.3) is 0 Å². The van der Waals surface area contributed by atoms with Crippen LogP contribution < -0.4 is 15.2 Å². The number of amides is 1. The number of aryl methyl sites for hydroxylation is 2. The van der Waals surface area contributed by atoms with Crippen molar-refractivity contribution in [3.05, 3.63) is 73.7 Å². The molecule has 1 aliphatic carbocycles. The molecule has 0 unspecified atom stereocenters. The van der Waals surface area contributed by atoms with Gasteiger partial charge in [-0.3, -0.25) is 4.79 Å². The molecular formula is C28H33Cl2N3O3S. The number of aromatic nitrogens is 1. The van der Waals surface area contributed by atoms with Crippen LogP contribution in [-0.4, -0.2) is 41.6 Å². The summed E-state index contributed by atoms with van der Waals surface area (Å²) in [6.45, 7) is 7.62. The standard InChI is InChI=1S/C28H33Cl2N3O3S/c1-17-11-24(29)26(25(30)12-17)35-9-10-36-28-32-15-23(37-28)13-21(14-31)27(34)33(22-7-8-22)16-20-6-4-5-18(2)19(20)3/h4-6,11-12,15,21-22H,7-10,13-14,16,31H2,1-3H3/t21-/m1/s1. The highest BCUT2D eigenvalue weighted by Gasteiger charge is 2.36. The summed E-state index contributed by atoms with van der Waals surface area (Å²) in [5.74, 6) is 0.262. The van der Waals surface area contributed by atoms with Crippen LogP contribution in [-0.2, 0) is 17.8 Å². The van der Waals surface area contributed by atoms with Crippen molar-refractivity contribution >= 4 is 40.4 Å². The van der Waals surface area contributed by atoms with Gasteiger partial charge in [-0.2, -0.15) is 0 Å². The molecule has 3 aromatic rings. The number of hydrogen-bond acceptors (Lipinski definition) is 6. The van der Waals surface area contributed by atoms with Gasteiger partial charge >= 0.3 is 0 Å². The first-order valence-corrected chi connectivity index (χ1v) is 14.1. The van der Waals surface area contributed by atoms with E-state index in [2.05, 4.69) is 37.0 Å². The van der Waals surface area contributed by atoms with Gasteiger partial charge < -0.3 is 20.1 Å². The Labute approximate surface area is 232 Å². The van der Waals surface area contributed by atoms with Crippen molar-refractivity contribution in [3.8, 4) is 10.9 Å². The zero-order chi connectivity index (χ0) is 26.5. The van der Waals surface area contributed by atoms with Crippen LogP contribution in [0.1, 0.15) is 40.0 Å². The third kappa shape index (κ3) is 7.17. The fourth-order valence-corrected chi connectivity index (χ4v) is 5.80. The highest BCUT2D eigenvalue weighted by Crippen LogP contribution is 2.34. The van der Waals surface area contributed by atoms with E-state index in [4.69, 9.17) is 38.4 Å². The fourth-order valence-electron chi connectivity index (χ4n) is 4.24. The van der Waals surface area contributed by atoms with E-state index in [-0.39, 0.29) is 31.6 Å². The topological polar surface area (TPSA) is 77.7 Å². The second kappa shape index (κ2) is 12.5. The number of carbonyl (C=O) groups is 1. The lowest BCUT2D eigenvalue weighted by atomic mass is 10.00. The van der Waals surface area contributed by atoms with E-state index < -0.39 is 0 Å². The van der Waals surface area contributed by atoms with Gasteiger partial charge in [0.1, 0.15) is 13.2 Å². The zero-order valence-corrected chi connectivity index (χ0v) is 23.8. The molecule has 37 heavy (non-hydrogen) atoms. The van der Waals surface area contributed by atoms with Crippen LogP contribution in [0.4, 0.5) is 0 Å². The number of carbonyl (C=O) groups excluding carboxylic acids is 1. The van der Waals surface area contributed by atoms with E-state index >= 15 is 0 Å². The van der Waals surface area contributed by atoms with Crippen molar-refractivity contribution in [1.82, 2.24) is 9.88 Å². The summed E-state index contributed by atoms with van der Waals surface area (Å²) in [6, 6.07) is 10.2. The minimum Gasteiger partial charge on any atom is -0.487 e. The molecule has 4 rings (SSSR count). The lowest BCUT2D eigenvalue weighted by Gasteiger charge is -2.27. The predicted molar refractivity (Wildman–Crippen MR) is 150 cm³/mol. The van der Waals surface area contributed by atoms with Gasteiger partial charge in [0.05, 0.1) is 16.0 Å². The number of halogens is 2. The Kier molecular flexibility index (Phi) is 9.35. The third-order valence-corrected chi connectivity index (χ3v) is 8.13. The Morgan fingerprint density at radius 1 is 1.16 bits per heavy atom. The Bertz CT molecular complexity index is 1220. The maximum absolute atomic E-state index is 13.6. The Morgan fingerprint density at radius 3 is 2.54 bits per heavy atom. The molecule has 6 nitrogen and oxygen atoms in total. The van der Waals surface area contributed by atoms with E-state index in [0.717, 1.165) is 23.3 Å². The van der Waals surface area contributed by atoms with Gasteiger partial charge in [-0.1, -0.05) is 52.7 Å². The first-order valence-electron chi connectivity index (χ1n) is 12.5. The average molecular weight is 563 g/mol. The molecule has 2 aromatic carbocycles. The molecular weight excluding hydrogens is 529 g/mol. The molecule has 1 aromatic heterocycles. The molecule has 198 valence electrons. The smallest absolute Gasteiger partial charge is 0.273 e. The molecule has 2 N–H and O–H groups in total. The maximum Gasteiger partial charge on any atom is 0.273 e. The van der Waals surface area contributed by atoms with Gasteiger partial charge in [0.2, 0.25) is 5.91 Å². The molecule has 1 amide bonds. The number of thiazole rings is 1. The summed E-state index contributed by atoms with van der Waals surface area (Å²) in [6.07, 6.45) is 4.40. The number of nitrogens with zero attached hydrogens (tertiary/aromatic N) is 2. The first-order chi connectivity index (χ1) is 17.8. The van der Waals surface area contributed by atoms with Gasteiger partial charge in [-0.25, -0.2) is 4.98 Å². The molecule has 0 spiro atoms. The van der Waals surface area contributed by atoms with E-state index in [9.17, 15) is 4.79 Å². The normalized spacial score (nSPS) is 13.9. The summed E-state index contributed by atoms with van der Waals surface area (Å²) in [7, 11) is 0. The lowest BCUT2D eigenvalue weighted by molar-refractivity contribution is -0.136. The van der Waals surface area contributed by atoms with Crippen molar-refractivity contribution in [2.75, 3.05) is 19.8 Å². The van der Waals surface area contributed by atoms with Crippen molar-refractivity contribution < 1.29 is 14.3 Å². The Hall–Kier alpha value is -2.32. The Morgan fingerprint density at radius 2 is 1.86 bits per heavy atom. The lowest BCUT2D eigenvalue weighted by Crippen LogP contribution is -2.41. The van der Waals surface area contributed by atoms with Crippen LogP contribution in [0, 0.1) is 26.7 Å². The largest absolute Gasteiger partial charge is 0.487 e. The monoisotopic (exact) mass is 561 g/mol.